The van der Waals surface area contributed by atoms with E-state index in [-0.39, 0.29) is 12.0 Å². The van der Waals surface area contributed by atoms with Crippen LogP contribution in [0.5, 0.6) is 5.75 Å². The SMILES string of the molecule is CCC(C)OC(=O)C(C)N1C(=O)C(C)Oc2ccc(-c3csc(CCOC)n3)cc21. The molecule has 1 aliphatic heterocycles. The molecule has 1 amide bonds. The maximum atomic E-state index is 12.9. The minimum absolute atomic E-state index is 0.208. The summed E-state index contributed by atoms with van der Waals surface area (Å²) in [6.45, 7) is 7.76. The molecule has 162 valence electrons. The van der Waals surface area contributed by atoms with Crippen molar-refractivity contribution in [2.45, 2.75) is 58.8 Å². The summed E-state index contributed by atoms with van der Waals surface area (Å²) in [5, 5.41) is 2.96. The monoisotopic (exact) mass is 432 g/mol. The second kappa shape index (κ2) is 9.57. The van der Waals surface area contributed by atoms with Crippen molar-refractivity contribution in [1.82, 2.24) is 4.98 Å². The number of fused-ring (bicyclic) bond motifs is 1. The van der Waals surface area contributed by atoms with Crippen LogP contribution in [-0.2, 0) is 25.5 Å². The second-order valence-corrected chi connectivity index (χ2v) is 8.29. The summed E-state index contributed by atoms with van der Waals surface area (Å²) in [6, 6.07) is 4.82. The molecule has 0 aliphatic carbocycles. The molecule has 0 saturated carbocycles. The number of esters is 1. The predicted octanol–water partition coefficient (Wildman–Crippen LogP) is 3.84. The summed E-state index contributed by atoms with van der Waals surface area (Å²) < 4.78 is 16.4. The van der Waals surface area contributed by atoms with Crippen molar-refractivity contribution in [1.29, 1.82) is 0 Å². The van der Waals surface area contributed by atoms with E-state index in [1.807, 2.05) is 37.4 Å². The summed E-state index contributed by atoms with van der Waals surface area (Å²) in [5.74, 6) is -0.144. The average molecular weight is 433 g/mol. The van der Waals surface area contributed by atoms with Crippen LogP contribution in [0.3, 0.4) is 0 Å². The Morgan fingerprint density at radius 2 is 2.13 bits per heavy atom. The highest BCUT2D eigenvalue weighted by Gasteiger charge is 2.38. The Hall–Kier alpha value is -2.45. The molecule has 1 aromatic heterocycles. The Morgan fingerprint density at radius 1 is 1.37 bits per heavy atom. The summed E-state index contributed by atoms with van der Waals surface area (Å²) in [5.41, 5.74) is 2.22. The molecular weight excluding hydrogens is 404 g/mol. The van der Waals surface area contributed by atoms with Gasteiger partial charge in [-0.05, 0) is 45.4 Å². The molecule has 1 aromatic carbocycles. The Kier molecular flexibility index (Phi) is 7.10. The van der Waals surface area contributed by atoms with Gasteiger partial charge in [-0.25, -0.2) is 9.78 Å². The van der Waals surface area contributed by atoms with Gasteiger partial charge < -0.3 is 14.2 Å². The first-order valence-electron chi connectivity index (χ1n) is 10.1. The molecule has 0 spiro atoms. The van der Waals surface area contributed by atoms with Crippen LogP contribution in [-0.4, -0.2) is 48.8 Å². The molecule has 30 heavy (non-hydrogen) atoms. The minimum Gasteiger partial charge on any atom is -0.479 e. The van der Waals surface area contributed by atoms with Crippen molar-refractivity contribution in [3.05, 3.63) is 28.6 Å². The summed E-state index contributed by atoms with van der Waals surface area (Å²) >= 11 is 1.57. The first-order chi connectivity index (χ1) is 14.3. The number of hydrogen-bond donors (Lipinski definition) is 0. The zero-order chi connectivity index (χ0) is 21.8. The smallest absolute Gasteiger partial charge is 0.329 e. The number of rotatable bonds is 8. The van der Waals surface area contributed by atoms with E-state index >= 15 is 0 Å². The fourth-order valence-corrected chi connectivity index (χ4v) is 3.94. The third-order valence-corrected chi connectivity index (χ3v) is 6.00. The lowest BCUT2D eigenvalue weighted by Crippen LogP contribution is -2.52. The molecule has 3 unspecified atom stereocenters. The van der Waals surface area contributed by atoms with Gasteiger partial charge in [0.1, 0.15) is 11.8 Å². The molecule has 3 atom stereocenters. The maximum absolute atomic E-state index is 12.9. The van der Waals surface area contributed by atoms with Gasteiger partial charge >= 0.3 is 5.97 Å². The number of thiazole rings is 1. The first kappa shape index (κ1) is 22.2. The van der Waals surface area contributed by atoms with Crippen LogP contribution in [0.1, 0.15) is 39.1 Å². The van der Waals surface area contributed by atoms with Gasteiger partial charge in [0, 0.05) is 24.5 Å². The van der Waals surface area contributed by atoms with Gasteiger partial charge in [-0.1, -0.05) is 6.92 Å². The molecule has 0 fully saturated rings. The van der Waals surface area contributed by atoms with Crippen LogP contribution >= 0.6 is 11.3 Å². The van der Waals surface area contributed by atoms with Crippen molar-refractivity contribution in [2.24, 2.45) is 0 Å². The maximum Gasteiger partial charge on any atom is 0.329 e. The molecule has 0 bridgehead atoms. The quantitative estimate of drug-likeness (QED) is 0.590. The fraction of sp³-hybridized carbons (Fsp3) is 0.500. The van der Waals surface area contributed by atoms with E-state index in [1.54, 1.807) is 32.3 Å². The van der Waals surface area contributed by atoms with Crippen LogP contribution in [0.2, 0.25) is 0 Å². The minimum atomic E-state index is -0.764. The molecule has 0 N–H and O–H groups in total. The van der Waals surface area contributed by atoms with Gasteiger partial charge in [-0.15, -0.1) is 11.3 Å². The van der Waals surface area contributed by atoms with E-state index < -0.39 is 18.1 Å². The third kappa shape index (κ3) is 4.65. The summed E-state index contributed by atoms with van der Waals surface area (Å²) in [4.78, 5) is 31.7. The topological polar surface area (TPSA) is 78.0 Å². The van der Waals surface area contributed by atoms with E-state index in [9.17, 15) is 9.59 Å². The van der Waals surface area contributed by atoms with Crippen molar-refractivity contribution in [3.63, 3.8) is 0 Å². The van der Waals surface area contributed by atoms with Crippen molar-refractivity contribution >= 4 is 28.9 Å². The number of aromatic nitrogens is 1. The fourth-order valence-electron chi connectivity index (χ4n) is 3.15. The lowest BCUT2D eigenvalue weighted by Gasteiger charge is -2.36. The molecule has 2 aromatic rings. The Balaban J connectivity index is 1.93. The van der Waals surface area contributed by atoms with Gasteiger partial charge in [0.15, 0.2) is 6.10 Å². The highest BCUT2D eigenvalue weighted by Crippen LogP contribution is 2.39. The number of anilines is 1. The normalized spacial score (nSPS) is 17.8. The first-order valence-corrected chi connectivity index (χ1v) is 11.0. The van der Waals surface area contributed by atoms with Crippen LogP contribution < -0.4 is 9.64 Å². The zero-order valence-electron chi connectivity index (χ0n) is 18.0. The Morgan fingerprint density at radius 3 is 2.83 bits per heavy atom. The molecular formula is C22H28N2O5S. The van der Waals surface area contributed by atoms with Gasteiger partial charge in [0.2, 0.25) is 0 Å². The molecule has 2 heterocycles. The third-order valence-electron chi connectivity index (χ3n) is 5.10. The average Bonchev–Trinajstić information content (AvgIpc) is 3.21. The van der Waals surface area contributed by atoms with Crippen LogP contribution in [0.15, 0.2) is 23.6 Å². The highest BCUT2D eigenvalue weighted by molar-refractivity contribution is 7.09. The summed E-state index contributed by atoms with van der Waals surface area (Å²) in [6.07, 6.45) is 0.569. The zero-order valence-corrected chi connectivity index (χ0v) is 18.8. The van der Waals surface area contributed by atoms with Crippen LogP contribution in [0, 0.1) is 0 Å². The largest absolute Gasteiger partial charge is 0.479 e. The molecule has 7 nitrogen and oxygen atoms in total. The molecule has 1 aliphatic rings. The van der Waals surface area contributed by atoms with E-state index in [1.165, 1.54) is 4.90 Å². The van der Waals surface area contributed by atoms with Crippen LogP contribution in [0.25, 0.3) is 11.3 Å². The predicted molar refractivity (Wildman–Crippen MR) is 116 cm³/mol. The molecule has 3 rings (SSSR count). The van der Waals surface area contributed by atoms with E-state index in [2.05, 4.69) is 4.98 Å². The Labute approximate surface area is 181 Å². The Bertz CT molecular complexity index is 913. The number of hydrogen-bond acceptors (Lipinski definition) is 7. The number of methoxy groups -OCH3 is 1. The van der Waals surface area contributed by atoms with Crippen LogP contribution in [0.4, 0.5) is 5.69 Å². The lowest BCUT2D eigenvalue weighted by molar-refractivity contribution is -0.151. The van der Waals surface area contributed by atoms with Crippen molar-refractivity contribution in [3.8, 4) is 17.0 Å². The number of amides is 1. The van der Waals surface area contributed by atoms with E-state index in [4.69, 9.17) is 14.2 Å². The molecule has 0 saturated heterocycles. The van der Waals surface area contributed by atoms with Crippen molar-refractivity contribution < 1.29 is 23.8 Å². The van der Waals surface area contributed by atoms with E-state index in [0.29, 0.717) is 24.5 Å². The number of ether oxygens (including phenoxy) is 3. The number of carbonyl (C=O) groups excluding carboxylic acids is 2. The number of benzene rings is 1. The molecule has 0 radical (unpaired) electrons. The van der Waals surface area contributed by atoms with Gasteiger partial charge in [-0.3, -0.25) is 9.69 Å². The molecule has 8 heteroatoms. The second-order valence-electron chi connectivity index (χ2n) is 7.35. The van der Waals surface area contributed by atoms with E-state index in [0.717, 1.165) is 22.7 Å². The number of carbonyl (C=O) groups is 2. The number of nitrogens with zero attached hydrogens (tertiary/aromatic N) is 2. The standard InChI is InChI=1S/C22H28N2O5S/c1-6-13(2)28-22(26)14(3)24-18-11-16(7-8-19(18)29-15(4)21(24)25)17-12-30-20(23-17)9-10-27-5/h7-8,11-15H,6,9-10H2,1-5H3. The summed E-state index contributed by atoms with van der Waals surface area (Å²) in [7, 11) is 1.66. The highest BCUT2D eigenvalue weighted by atomic mass is 32.1. The lowest BCUT2D eigenvalue weighted by atomic mass is 10.1. The van der Waals surface area contributed by atoms with Gasteiger partial charge in [0.05, 0.1) is 29.1 Å². The van der Waals surface area contributed by atoms with Crippen molar-refractivity contribution in [2.75, 3.05) is 18.6 Å². The van der Waals surface area contributed by atoms with Gasteiger partial charge in [-0.2, -0.15) is 0 Å². The van der Waals surface area contributed by atoms with Gasteiger partial charge in [0.25, 0.3) is 5.91 Å².